The van der Waals surface area contributed by atoms with Gasteiger partial charge in [-0.2, -0.15) is 0 Å². The molecule has 0 saturated heterocycles. The second-order valence-corrected chi connectivity index (χ2v) is 5.97. The molecule has 2 aromatic carbocycles. The molecule has 0 fully saturated rings. The fraction of sp³-hybridized carbons (Fsp3) is 0.316. The van der Waals surface area contributed by atoms with Gasteiger partial charge in [0.25, 0.3) is 0 Å². The average molecular weight is 297 g/mol. The number of halogens is 1. The largest absolute Gasteiger partial charge is 0.349 e. The second-order valence-electron chi connectivity index (χ2n) is 5.97. The normalized spacial score (nSPS) is 14.5. The Kier molecular flexibility index (Phi) is 4.23. The monoisotopic (exact) mass is 297 g/mol. The molecule has 3 rings (SSSR count). The number of rotatable bonds is 4. The molecule has 0 spiro atoms. The minimum Gasteiger partial charge on any atom is -0.349 e. The number of hydrogen-bond donors (Lipinski definition) is 1. The lowest BCUT2D eigenvalue weighted by Crippen LogP contribution is -2.28. The molecule has 2 nitrogen and oxygen atoms in total. The van der Waals surface area contributed by atoms with E-state index in [-0.39, 0.29) is 24.2 Å². The van der Waals surface area contributed by atoms with Crippen LogP contribution in [0.15, 0.2) is 42.5 Å². The standard InChI is InChI=1S/C19H20FNO/c1-13(16-8-7-15-3-2-4-17(15)12-16)21-19(22)11-14-5-9-18(20)10-6-14/h5-10,12-13H,2-4,11H2,1H3,(H,21,22). The van der Waals surface area contributed by atoms with Gasteiger partial charge in [-0.1, -0.05) is 30.3 Å². The number of benzene rings is 2. The zero-order chi connectivity index (χ0) is 15.5. The number of nitrogens with one attached hydrogen (secondary N) is 1. The van der Waals surface area contributed by atoms with Gasteiger partial charge in [0.2, 0.25) is 5.91 Å². The Bertz CT molecular complexity index is 678. The summed E-state index contributed by atoms with van der Waals surface area (Å²) in [6.07, 6.45) is 3.81. The Morgan fingerprint density at radius 3 is 2.64 bits per heavy atom. The number of amides is 1. The first-order valence-corrected chi connectivity index (χ1v) is 7.77. The maximum atomic E-state index is 12.9. The van der Waals surface area contributed by atoms with Gasteiger partial charge in [-0.15, -0.1) is 0 Å². The maximum absolute atomic E-state index is 12.9. The smallest absolute Gasteiger partial charge is 0.224 e. The summed E-state index contributed by atoms with van der Waals surface area (Å²) in [5, 5.41) is 3.02. The second kappa shape index (κ2) is 6.30. The number of fused-ring (bicyclic) bond motifs is 1. The topological polar surface area (TPSA) is 29.1 Å². The zero-order valence-corrected chi connectivity index (χ0v) is 12.7. The quantitative estimate of drug-likeness (QED) is 0.915. The summed E-state index contributed by atoms with van der Waals surface area (Å²) in [6, 6.07) is 12.5. The molecule has 0 radical (unpaired) electrons. The lowest BCUT2D eigenvalue weighted by Gasteiger charge is -2.15. The van der Waals surface area contributed by atoms with E-state index in [9.17, 15) is 9.18 Å². The van der Waals surface area contributed by atoms with E-state index in [1.165, 1.54) is 36.1 Å². The molecule has 0 aromatic heterocycles. The molecule has 1 atom stereocenters. The van der Waals surface area contributed by atoms with Crippen LogP contribution in [0.25, 0.3) is 0 Å². The molecule has 1 N–H and O–H groups in total. The van der Waals surface area contributed by atoms with Crippen molar-refractivity contribution in [2.24, 2.45) is 0 Å². The molecule has 114 valence electrons. The van der Waals surface area contributed by atoms with Crippen molar-refractivity contribution in [3.05, 3.63) is 70.5 Å². The Morgan fingerprint density at radius 1 is 1.14 bits per heavy atom. The Morgan fingerprint density at radius 2 is 1.86 bits per heavy atom. The molecule has 1 amide bonds. The first-order chi connectivity index (χ1) is 10.6. The summed E-state index contributed by atoms with van der Waals surface area (Å²) in [5.41, 5.74) is 4.82. The van der Waals surface area contributed by atoms with Crippen LogP contribution >= 0.6 is 0 Å². The molecule has 0 aliphatic heterocycles. The lowest BCUT2D eigenvalue weighted by molar-refractivity contribution is -0.121. The number of hydrogen-bond acceptors (Lipinski definition) is 1. The fourth-order valence-electron chi connectivity index (χ4n) is 3.02. The summed E-state index contributed by atoms with van der Waals surface area (Å²) in [5.74, 6) is -0.324. The van der Waals surface area contributed by atoms with Crippen molar-refractivity contribution < 1.29 is 9.18 Å². The summed E-state index contributed by atoms with van der Waals surface area (Å²) in [6.45, 7) is 2.00. The van der Waals surface area contributed by atoms with Crippen molar-refractivity contribution >= 4 is 5.91 Å². The molecule has 0 saturated carbocycles. The molecule has 0 heterocycles. The van der Waals surface area contributed by atoms with E-state index in [0.29, 0.717) is 0 Å². The van der Waals surface area contributed by atoms with Crippen LogP contribution in [0, 0.1) is 5.82 Å². The van der Waals surface area contributed by atoms with Crippen molar-refractivity contribution in [3.63, 3.8) is 0 Å². The van der Waals surface area contributed by atoms with Gasteiger partial charge in [0.1, 0.15) is 5.82 Å². The minimum atomic E-state index is -0.282. The third kappa shape index (κ3) is 3.35. The van der Waals surface area contributed by atoms with Gasteiger partial charge in [0.15, 0.2) is 0 Å². The maximum Gasteiger partial charge on any atom is 0.224 e. The van der Waals surface area contributed by atoms with Crippen LogP contribution in [0.5, 0.6) is 0 Å². The van der Waals surface area contributed by atoms with Crippen molar-refractivity contribution in [2.45, 2.75) is 38.6 Å². The number of aryl methyl sites for hydroxylation is 2. The van der Waals surface area contributed by atoms with Crippen LogP contribution in [-0.4, -0.2) is 5.91 Å². The van der Waals surface area contributed by atoms with Crippen molar-refractivity contribution in [2.75, 3.05) is 0 Å². The SMILES string of the molecule is CC(NC(=O)Cc1ccc(F)cc1)c1ccc2c(c1)CCC2. The highest BCUT2D eigenvalue weighted by molar-refractivity contribution is 5.79. The molecular weight excluding hydrogens is 277 g/mol. The highest BCUT2D eigenvalue weighted by Gasteiger charge is 2.15. The Hall–Kier alpha value is -2.16. The number of carbonyl (C=O) groups excluding carboxylic acids is 1. The van der Waals surface area contributed by atoms with Gasteiger partial charge in [0, 0.05) is 0 Å². The Balaban J connectivity index is 1.62. The third-order valence-electron chi connectivity index (χ3n) is 4.28. The molecule has 22 heavy (non-hydrogen) atoms. The van der Waals surface area contributed by atoms with Crippen LogP contribution < -0.4 is 5.32 Å². The van der Waals surface area contributed by atoms with E-state index in [1.54, 1.807) is 12.1 Å². The Labute approximate surface area is 130 Å². The van der Waals surface area contributed by atoms with Gasteiger partial charge >= 0.3 is 0 Å². The van der Waals surface area contributed by atoms with Crippen molar-refractivity contribution in [3.8, 4) is 0 Å². The van der Waals surface area contributed by atoms with Crippen LogP contribution in [0.4, 0.5) is 4.39 Å². The van der Waals surface area contributed by atoms with Crippen LogP contribution in [0.2, 0.25) is 0 Å². The lowest BCUT2D eigenvalue weighted by atomic mass is 10.0. The summed E-state index contributed by atoms with van der Waals surface area (Å²) in [4.78, 5) is 12.1. The van der Waals surface area contributed by atoms with Gasteiger partial charge in [-0.25, -0.2) is 4.39 Å². The van der Waals surface area contributed by atoms with Gasteiger partial charge in [-0.3, -0.25) is 4.79 Å². The van der Waals surface area contributed by atoms with Crippen LogP contribution in [-0.2, 0) is 24.1 Å². The molecule has 3 heteroatoms. The molecular formula is C19H20FNO. The zero-order valence-electron chi connectivity index (χ0n) is 12.7. The van der Waals surface area contributed by atoms with E-state index < -0.39 is 0 Å². The molecule has 1 aliphatic carbocycles. The van der Waals surface area contributed by atoms with Crippen LogP contribution in [0.3, 0.4) is 0 Å². The van der Waals surface area contributed by atoms with E-state index in [1.807, 2.05) is 6.92 Å². The van der Waals surface area contributed by atoms with E-state index in [0.717, 1.165) is 17.5 Å². The van der Waals surface area contributed by atoms with Crippen molar-refractivity contribution in [1.82, 2.24) is 5.32 Å². The highest BCUT2D eigenvalue weighted by Crippen LogP contribution is 2.25. The molecule has 1 unspecified atom stereocenters. The van der Waals surface area contributed by atoms with Crippen molar-refractivity contribution in [1.29, 1.82) is 0 Å². The predicted octanol–water partition coefficient (Wildman–Crippen LogP) is 3.73. The van der Waals surface area contributed by atoms with Crippen LogP contribution in [0.1, 0.15) is 41.6 Å². The average Bonchev–Trinajstić information content (AvgIpc) is 2.97. The van der Waals surface area contributed by atoms with E-state index >= 15 is 0 Å². The third-order valence-corrected chi connectivity index (χ3v) is 4.28. The first kappa shape index (κ1) is 14.8. The van der Waals surface area contributed by atoms with Gasteiger partial charge in [-0.05, 0) is 60.6 Å². The van der Waals surface area contributed by atoms with E-state index in [2.05, 4.69) is 23.5 Å². The minimum absolute atomic E-state index is 0.0150. The molecule has 1 aliphatic rings. The van der Waals surface area contributed by atoms with Gasteiger partial charge in [0.05, 0.1) is 12.5 Å². The van der Waals surface area contributed by atoms with Gasteiger partial charge < -0.3 is 5.32 Å². The van der Waals surface area contributed by atoms with E-state index in [4.69, 9.17) is 0 Å². The molecule has 0 bridgehead atoms. The molecule has 2 aromatic rings. The predicted molar refractivity (Wildman–Crippen MR) is 85.1 cm³/mol. The highest BCUT2D eigenvalue weighted by atomic mass is 19.1. The first-order valence-electron chi connectivity index (χ1n) is 7.77. The summed E-state index contributed by atoms with van der Waals surface area (Å²) >= 11 is 0. The summed E-state index contributed by atoms with van der Waals surface area (Å²) < 4.78 is 12.9. The summed E-state index contributed by atoms with van der Waals surface area (Å²) in [7, 11) is 0. The fourth-order valence-corrected chi connectivity index (χ4v) is 3.02. The number of carbonyl (C=O) groups is 1.